The summed E-state index contributed by atoms with van der Waals surface area (Å²) in [6, 6.07) is 8.46. The van der Waals surface area contributed by atoms with E-state index >= 15 is 0 Å². The standard InChI is InChI=1S/C17H21N3O5S/c21-17(22)10-16(13-6-8-25-9-7-13)19-26(23,24)15-11-18-20(12-15)14-4-2-1-3-5-14/h1-5,11-13,16,19H,6-10H2,(H,21,22). The molecule has 1 aliphatic heterocycles. The van der Waals surface area contributed by atoms with E-state index in [0.717, 1.165) is 5.69 Å². The van der Waals surface area contributed by atoms with Gasteiger partial charge in [0.2, 0.25) is 10.0 Å². The van der Waals surface area contributed by atoms with Crippen molar-refractivity contribution in [1.82, 2.24) is 14.5 Å². The highest BCUT2D eigenvalue weighted by Gasteiger charge is 2.31. The quantitative estimate of drug-likeness (QED) is 0.753. The molecule has 9 heteroatoms. The smallest absolute Gasteiger partial charge is 0.304 e. The number of ether oxygens (including phenoxy) is 1. The second-order valence-electron chi connectivity index (χ2n) is 6.23. The summed E-state index contributed by atoms with van der Waals surface area (Å²) in [5.41, 5.74) is 0.737. The normalized spacial score (nSPS) is 17.1. The van der Waals surface area contributed by atoms with E-state index in [0.29, 0.717) is 26.1 Å². The minimum absolute atomic E-state index is 0.00352. The zero-order chi connectivity index (χ0) is 18.6. The van der Waals surface area contributed by atoms with Crippen molar-refractivity contribution in [3.63, 3.8) is 0 Å². The fourth-order valence-electron chi connectivity index (χ4n) is 3.05. The lowest BCUT2D eigenvalue weighted by Crippen LogP contribution is -2.43. The van der Waals surface area contributed by atoms with Crippen LogP contribution in [0.25, 0.3) is 5.69 Å². The second-order valence-corrected chi connectivity index (χ2v) is 7.95. The van der Waals surface area contributed by atoms with Crippen LogP contribution in [0.2, 0.25) is 0 Å². The van der Waals surface area contributed by atoms with Crippen LogP contribution in [0.3, 0.4) is 0 Å². The molecule has 140 valence electrons. The molecule has 26 heavy (non-hydrogen) atoms. The number of nitrogens with zero attached hydrogens (tertiary/aromatic N) is 2. The molecule has 0 spiro atoms. The maximum atomic E-state index is 12.7. The fraction of sp³-hybridized carbons (Fsp3) is 0.412. The molecule has 8 nitrogen and oxygen atoms in total. The summed E-state index contributed by atoms with van der Waals surface area (Å²) < 4.78 is 34.8. The zero-order valence-electron chi connectivity index (χ0n) is 14.1. The van der Waals surface area contributed by atoms with Crippen molar-refractivity contribution < 1.29 is 23.1 Å². The number of hydrogen-bond acceptors (Lipinski definition) is 5. The van der Waals surface area contributed by atoms with Crippen LogP contribution in [0.1, 0.15) is 19.3 Å². The minimum Gasteiger partial charge on any atom is -0.481 e. The van der Waals surface area contributed by atoms with Crippen molar-refractivity contribution in [2.45, 2.75) is 30.2 Å². The number of benzene rings is 1. The van der Waals surface area contributed by atoms with E-state index in [4.69, 9.17) is 9.84 Å². The highest BCUT2D eigenvalue weighted by atomic mass is 32.2. The van der Waals surface area contributed by atoms with Gasteiger partial charge in [-0.1, -0.05) is 18.2 Å². The van der Waals surface area contributed by atoms with E-state index < -0.39 is 22.0 Å². The summed E-state index contributed by atoms with van der Waals surface area (Å²) in [6.07, 6.45) is 3.67. The third kappa shape index (κ3) is 4.48. The number of aliphatic carboxylic acids is 1. The van der Waals surface area contributed by atoms with E-state index in [2.05, 4.69) is 9.82 Å². The third-order valence-corrected chi connectivity index (χ3v) is 5.87. The number of para-hydroxylation sites is 1. The van der Waals surface area contributed by atoms with Crippen molar-refractivity contribution in [2.24, 2.45) is 5.92 Å². The molecule has 0 radical (unpaired) electrons. The van der Waals surface area contributed by atoms with Crippen molar-refractivity contribution in [3.05, 3.63) is 42.7 Å². The Morgan fingerprint density at radius 3 is 2.65 bits per heavy atom. The predicted molar refractivity (Wildman–Crippen MR) is 93.5 cm³/mol. The molecule has 2 N–H and O–H groups in total. The topological polar surface area (TPSA) is 111 Å². The molecule has 2 heterocycles. The van der Waals surface area contributed by atoms with Gasteiger partial charge in [0.05, 0.1) is 24.5 Å². The van der Waals surface area contributed by atoms with Crippen LogP contribution >= 0.6 is 0 Å². The van der Waals surface area contributed by atoms with Gasteiger partial charge in [-0.3, -0.25) is 4.79 Å². The maximum Gasteiger partial charge on any atom is 0.304 e. The lowest BCUT2D eigenvalue weighted by molar-refractivity contribution is -0.138. The maximum absolute atomic E-state index is 12.7. The predicted octanol–water partition coefficient (Wildman–Crippen LogP) is 1.42. The van der Waals surface area contributed by atoms with Gasteiger partial charge in [-0.15, -0.1) is 0 Å². The molecule has 1 unspecified atom stereocenters. The summed E-state index contributed by atoms with van der Waals surface area (Å²) in [5, 5.41) is 13.2. The lowest BCUT2D eigenvalue weighted by Gasteiger charge is -2.29. The van der Waals surface area contributed by atoms with Gasteiger partial charge in [0.15, 0.2) is 0 Å². The molecule has 3 rings (SSSR count). The largest absolute Gasteiger partial charge is 0.481 e. The van der Waals surface area contributed by atoms with Crippen LogP contribution in [0, 0.1) is 5.92 Å². The Morgan fingerprint density at radius 2 is 2.00 bits per heavy atom. The van der Waals surface area contributed by atoms with Gasteiger partial charge < -0.3 is 9.84 Å². The second kappa shape index (κ2) is 7.98. The monoisotopic (exact) mass is 379 g/mol. The van der Waals surface area contributed by atoms with Gasteiger partial charge in [-0.2, -0.15) is 5.10 Å². The molecule has 0 saturated carbocycles. The molecule has 1 aromatic heterocycles. The molecule has 1 atom stereocenters. The van der Waals surface area contributed by atoms with Crippen LogP contribution in [0.15, 0.2) is 47.6 Å². The van der Waals surface area contributed by atoms with Gasteiger partial charge in [-0.25, -0.2) is 17.8 Å². The Morgan fingerprint density at radius 1 is 1.31 bits per heavy atom. The first kappa shape index (κ1) is 18.6. The van der Waals surface area contributed by atoms with Gasteiger partial charge in [-0.05, 0) is 30.9 Å². The number of rotatable bonds is 7. The first-order chi connectivity index (χ1) is 12.5. The molecule has 1 aliphatic rings. The van der Waals surface area contributed by atoms with Crippen LogP contribution in [-0.2, 0) is 19.6 Å². The van der Waals surface area contributed by atoms with Crippen molar-refractivity contribution in [3.8, 4) is 5.69 Å². The third-order valence-electron chi connectivity index (χ3n) is 4.43. The molecule has 0 amide bonds. The van der Waals surface area contributed by atoms with E-state index in [1.165, 1.54) is 17.1 Å². The number of carboxylic acid groups (broad SMARTS) is 1. The fourth-order valence-corrected chi connectivity index (χ4v) is 4.28. The SMILES string of the molecule is O=C(O)CC(NS(=O)(=O)c1cnn(-c2ccccc2)c1)C1CCOCC1. The Bertz CT molecular complexity index is 844. The van der Waals surface area contributed by atoms with Crippen LogP contribution in [0.5, 0.6) is 0 Å². The summed E-state index contributed by atoms with van der Waals surface area (Å²) in [4.78, 5) is 11.2. The summed E-state index contributed by atoms with van der Waals surface area (Å²) in [7, 11) is -3.88. The molecular formula is C17H21N3O5S. The average Bonchev–Trinajstić information content (AvgIpc) is 3.13. The number of carbonyl (C=O) groups is 1. The van der Waals surface area contributed by atoms with Gasteiger partial charge in [0.25, 0.3) is 0 Å². The number of aromatic nitrogens is 2. The zero-order valence-corrected chi connectivity index (χ0v) is 14.9. The van der Waals surface area contributed by atoms with E-state index in [9.17, 15) is 13.2 Å². The van der Waals surface area contributed by atoms with E-state index in [1.807, 2.05) is 30.3 Å². The Kier molecular flexibility index (Phi) is 5.70. The van der Waals surface area contributed by atoms with Crippen LogP contribution in [-0.4, -0.2) is 48.5 Å². The Hall–Kier alpha value is -2.23. The Balaban J connectivity index is 1.79. The minimum atomic E-state index is -3.88. The lowest BCUT2D eigenvalue weighted by atomic mass is 9.90. The number of hydrogen-bond donors (Lipinski definition) is 2. The number of carboxylic acids is 1. The summed E-state index contributed by atoms with van der Waals surface area (Å²) in [6.45, 7) is 1.02. The highest BCUT2D eigenvalue weighted by molar-refractivity contribution is 7.89. The summed E-state index contributed by atoms with van der Waals surface area (Å²) >= 11 is 0. The van der Waals surface area contributed by atoms with E-state index in [-0.39, 0.29) is 17.2 Å². The molecular weight excluding hydrogens is 358 g/mol. The van der Waals surface area contributed by atoms with Crippen LogP contribution in [0.4, 0.5) is 0 Å². The van der Waals surface area contributed by atoms with Gasteiger partial charge in [0.1, 0.15) is 4.90 Å². The Labute approximate surface area is 151 Å². The van der Waals surface area contributed by atoms with Crippen molar-refractivity contribution in [2.75, 3.05) is 13.2 Å². The van der Waals surface area contributed by atoms with Crippen LogP contribution < -0.4 is 4.72 Å². The molecule has 0 aliphatic carbocycles. The summed E-state index contributed by atoms with van der Waals surface area (Å²) in [5.74, 6) is -1.11. The van der Waals surface area contributed by atoms with E-state index in [1.54, 1.807) is 0 Å². The average molecular weight is 379 g/mol. The molecule has 1 fully saturated rings. The number of sulfonamides is 1. The van der Waals surface area contributed by atoms with Crippen molar-refractivity contribution in [1.29, 1.82) is 0 Å². The molecule has 2 aromatic rings. The molecule has 1 aromatic carbocycles. The van der Waals surface area contributed by atoms with Crippen molar-refractivity contribution >= 4 is 16.0 Å². The molecule has 1 saturated heterocycles. The van der Waals surface area contributed by atoms with Gasteiger partial charge in [0, 0.05) is 19.3 Å². The highest BCUT2D eigenvalue weighted by Crippen LogP contribution is 2.23. The first-order valence-corrected chi connectivity index (χ1v) is 9.86. The molecule has 0 bridgehead atoms. The van der Waals surface area contributed by atoms with Gasteiger partial charge >= 0.3 is 5.97 Å². The first-order valence-electron chi connectivity index (χ1n) is 8.38. The number of nitrogens with one attached hydrogen (secondary N) is 1.